The minimum absolute atomic E-state index is 0. The van der Waals surface area contributed by atoms with E-state index in [1.54, 1.807) is 0 Å². The number of hydrogen-bond donors (Lipinski definition) is 0. The van der Waals surface area contributed by atoms with Crippen molar-refractivity contribution < 1.29 is 33.8 Å². The van der Waals surface area contributed by atoms with E-state index >= 15 is 0 Å². The van der Waals surface area contributed by atoms with Crippen LogP contribution in [-0.4, -0.2) is 47.1 Å². The van der Waals surface area contributed by atoms with Crippen molar-refractivity contribution in [2.75, 3.05) is 0 Å². The maximum absolute atomic E-state index is 12.1. The molecule has 0 radical (unpaired) electrons. The van der Waals surface area contributed by atoms with Gasteiger partial charge in [0.1, 0.15) is 5.82 Å². The minimum Gasteiger partial charge on any atom is -0.543 e. The van der Waals surface area contributed by atoms with E-state index in [2.05, 4.69) is 94.1 Å². The van der Waals surface area contributed by atoms with Gasteiger partial charge >= 0.3 is 26.6 Å². The zero-order valence-electron chi connectivity index (χ0n) is 26.9. The number of aryl methyl sites for hydroxylation is 3. The third-order valence-electron chi connectivity index (χ3n) is 7.89. The first kappa shape index (κ1) is 33.9. The number of aromatic carboxylic acids is 1. The van der Waals surface area contributed by atoms with Gasteiger partial charge < -0.3 is 23.7 Å². The number of rotatable bonds is 7. The van der Waals surface area contributed by atoms with Gasteiger partial charge in [-0.1, -0.05) is 91.0 Å². The number of carboxylic acid groups (broad SMARTS) is 1. The average Bonchev–Trinajstić information content (AvgIpc) is 3.80. The number of carbonyl (C=O) groups excluding carboxylic acids is 1. The van der Waals surface area contributed by atoms with Gasteiger partial charge in [-0.05, 0) is 68.2 Å². The van der Waals surface area contributed by atoms with Crippen molar-refractivity contribution >= 4 is 13.1 Å². The van der Waals surface area contributed by atoms with Crippen LogP contribution in [-0.2, 0) is 19.5 Å². The topological polar surface area (TPSA) is 106 Å². The van der Waals surface area contributed by atoms with Crippen LogP contribution in [0.25, 0.3) is 33.8 Å². The molecule has 0 amide bonds. The number of carboxylic acids is 1. The molecule has 0 fully saturated rings. The van der Waals surface area contributed by atoms with Crippen molar-refractivity contribution in [3.8, 4) is 33.8 Å². The third-order valence-corrected chi connectivity index (χ3v) is 7.89. The van der Waals surface area contributed by atoms with Crippen LogP contribution in [0, 0.1) is 26.6 Å². The number of pyridine rings is 1. The Bertz CT molecular complexity index is 1920. The molecular formula is C36H31BFN7O2Zn. The fraction of sp³-hybridized carbons (Fsp3) is 0.0833. The normalized spacial score (nSPS) is 10.7. The molecule has 0 aliphatic heterocycles. The molecule has 0 aliphatic carbocycles. The Morgan fingerprint density at radius 1 is 0.604 bits per heavy atom. The number of benzene rings is 3. The molecule has 0 unspecified atom stereocenters. The molecule has 48 heavy (non-hydrogen) atoms. The Balaban J connectivity index is 0.000000354. The first-order valence-corrected chi connectivity index (χ1v) is 15.1. The number of halogens is 1. The summed E-state index contributed by atoms with van der Waals surface area (Å²) in [5, 5.41) is 25.4. The van der Waals surface area contributed by atoms with Crippen LogP contribution >= 0.6 is 0 Å². The van der Waals surface area contributed by atoms with Crippen LogP contribution in [0.5, 0.6) is 0 Å². The first-order valence-electron chi connectivity index (χ1n) is 15.1. The molecule has 234 valence electrons. The van der Waals surface area contributed by atoms with E-state index in [-0.39, 0.29) is 25.2 Å². The van der Waals surface area contributed by atoms with Gasteiger partial charge in [-0.25, -0.2) is 19.7 Å². The smallest absolute Gasteiger partial charge is 0.543 e. The second kappa shape index (κ2) is 15.0. The molecule has 0 aliphatic rings. The fourth-order valence-electron chi connectivity index (χ4n) is 5.52. The zero-order valence-corrected chi connectivity index (χ0v) is 29.8. The summed E-state index contributed by atoms with van der Waals surface area (Å²) in [7, 11) is -1.55. The second-order valence-corrected chi connectivity index (χ2v) is 11.2. The Hall–Kier alpha value is -5.47. The molecule has 0 bridgehead atoms. The van der Waals surface area contributed by atoms with Crippen molar-refractivity contribution in [3.63, 3.8) is 0 Å². The molecular weight excluding hydrogens is 658 g/mol. The molecule has 0 N–H and O–H groups in total. The van der Waals surface area contributed by atoms with Crippen LogP contribution < -0.4 is 5.11 Å². The van der Waals surface area contributed by atoms with Gasteiger partial charge in [-0.3, -0.25) is 4.98 Å². The van der Waals surface area contributed by atoms with Crippen LogP contribution in [0.15, 0.2) is 128 Å². The Morgan fingerprint density at radius 3 is 1.25 bits per heavy atom. The van der Waals surface area contributed by atoms with Crippen LogP contribution in [0.3, 0.4) is 0 Å². The summed E-state index contributed by atoms with van der Waals surface area (Å²) >= 11 is 0. The summed E-state index contributed by atoms with van der Waals surface area (Å²) in [5.74, 6) is -1.97. The van der Waals surface area contributed by atoms with Crippen molar-refractivity contribution in [1.82, 2.24) is 34.1 Å². The summed E-state index contributed by atoms with van der Waals surface area (Å²) in [6.07, 6.45) is 0.825. The van der Waals surface area contributed by atoms with Crippen LogP contribution in [0.4, 0.5) is 4.39 Å². The molecule has 9 nitrogen and oxygen atoms in total. The number of hydrogen-bond acceptors (Lipinski definition) is 6. The van der Waals surface area contributed by atoms with E-state index in [9.17, 15) is 14.3 Å². The summed E-state index contributed by atoms with van der Waals surface area (Å²) < 4.78 is 18.4. The first-order chi connectivity index (χ1) is 22.8. The maximum atomic E-state index is 12.1. The van der Waals surface area contributed by atoms with Crippen molar-refractivity contribution in [3.05, 3.63) is 156 Å². The molecule has 4 aromatic heterocycles. The molecule has 0 saturated carbocycles. The number of aromatic nitrogens is 7. The van der Waals surface area contributed by atoms with Crippen molar-refractivity contribution in [1.29, 1.82) is 0 Å². The molecule has 3 aromatic carbocycles. The molecule has 7 aromatic rings. The molecule has 0 spiro atoms. The molecule has 12 heteroatoms. The van der Waals surface area contributed by atoms with Gasteiger partial charge in [-0.15, -0.1) is 0 Å². The van der Waals surface area contributed by atoms with Gasteiger partial charge in [0, 0.05) is 16.7 Å². The molecule has 7 rings (SSSR count). The van der Waals surface area contributed by atoms with Crippen LogP contribution in [0.2, 0.25) is 0 Å². The van der Waals surface area contributed by atoms with Crippen molar-refractivity contribution in [2.24, 2.45) is 0 Å². The quantitative estimate of drug-likeness (QED) is 0.207. The molecule has 4 heterocycles. The van der Waals surface area contributed by atoms with Gasteiger partial charge in [0.25, 0.3) is 0 Å². The summed E-state index contributed by atoms with van der Waals surface area (Å²) in [4.78, 5) is 13.3. The Morgan fingerprint density at radius 2 is 0.958 bits per heavy atom. The second-order valence-electron chi connectivity index (χ2n) is 11.2. The average molecular weight is 689 g/mol. The zero-order chi connectivity index (χ0) is 32.9. The van der Waals surface area contributed by atoms with E-state index in [1.807, 2.05) is 54.6 Å². The number of carbonyl (C=O) groups is 1. The molecule has 0 saturated heterocycles. The molecule has 0 atom stereocenters. The summed E-state index contributed by atoms with van der Waals surface area (Å²) in [6, 6.07) is 39.4. The monoisotopic (exact) mass is 687 g/mol. The fourth-order valence-corrected chi connectivity index (χ4v) is 5.52. The van der Waals surface area contributed by atoms with Gasteiger partial charge in [-0.2, -0.15) is 0 Å². The van der Waals surface area contributed by atoms with E-state index in [0.29, 0.717) is 0 Å². The predicted octanol–water partition coefficient (Wildman–Crippen LogP) is 5.45. The minimum atomic E-state index is -1.55. The van der Waals surface area contributed by atoms with E-state index in [4.69, 9.17) is 15.3 Å². The number of nitrogens with zero attached hydrogens (tertiary/aromatic N) is 7. The van der Waals surface area contributed by atoms with E-state index < -0.39 is 18.9 Å². The van der Waals surface area contributed by atoms with Gasteiger partial charge in [0.2, 0.25) is 0 Å². The Labute approximate surface area is 290 Å². The predicted molar refractivity (Wildman–Crippen MR) is 179 cm³/mol. The summed E-state index contributed by atoms with van der Waals surface area (Å²) in [5.41, 5.74) is 9.01. The Kier molecular flexibility index (Phi) is 10.6. The van der Waals surface area contributed by atoms with Crippen molar-refractivity contribution in [2.45, 2.75) is 20.8 Å². The summed E-state index contributed by atoms with van der Waals surface area (Å²) in [6.45, 7) is 6.31. The van der Waals surface area contributed by atoms with E-state index in [0.717, 1.165) is 69.2 Å². The largest absolute Gasteiger partial charge is 2.00 e. The standard InChI is InChI=1S/C30H28BN6.C6H4FNO2.Zn/c1-22-19-28(25-13-7-4-8-14-25)32-35(22)31(36-23(2)20-29(33-36)26-15-9-5-10-16-26)37-24(3)21-30(34-37)27-17-11-6-12-18-27;7-4-1-2-5(6(9)10)8-3-4;/h4-21,31H,1-3H3;1-3H,(H,9,10);/q-1;;+2/p-1. The SMILES string of the molecule is Cc1cc(-c2ccccc2)nn1[BH-](n1nc(-c2ccccc2)cc1C)n1nc(-c2ccccc2)cc1C.O=C([O-])c1ccc(F)cn1.[Zn+2]. The van der Waals surface area contributed by atoms with Gasteiger partial charge in [0.05, 0.1) is 34.9 Å². The third kappa shape index (κ3) is 7.40. The maximum Gasteiger partial charge on any atom is 2.00 e. The van der Waals surface area contributed by atoms with Crippen LogP contribution in [0.1, 0.15) is 27.6 Å². The van der Waals surface area contributed by atoms with E-state index in [1.165, 1.54) is 0 Å². The van der Waals surface area contributed by atoms with Gasteiger partial charge in [0.15, 0.2) is 0 Å².